The van der Waals surface area contributed by atoms with Crippen molar-refractivity contribution in [3.8, 4) is 46.0 Å². The van der Waals surface area contributed by atoms with E-state index in [0.717, 1.165) is 47.2 Å². The molecule has 6 amide bonds. The number of nitrogens with one attached hydrogen (secondary N) is 4. The zero-order valence-electron chi connectivity index (χ0n) is 76.6. The van der Waals surface area contributed by atoms with Crippen LogP contribution in [0.2, 0.25) is 15.1 Å². The summed E-state index contributed by atoms with van der Waals surface area (Å²) in [5, 5.41) is 6.53. The van der Waals surface area contributed by atoms with Gasteiger partial charge in [0.1, 0.15) is 102 Å². The summed E-state index contributed by atoms with van der Waals surface area (Å²) in [6.07, 6.45) is 0.695. The number of hydrogen-bond donors (Lipinski definition) is 4. The van der Waals surface area contributed by atoms with Crippen molar-refractivity contribution in [2.24, 2.45) is 0 Å². The van der Waals surface area contributed by atoms with Crippen LogP contribution < -0.4 is 65.7 Å². The van der Waals surface area contributed by atoms with E-state index in [-0.39, 0.29) is 152 Å². The molecule has 9 heterocycles. The number of rotatable bonds is 28. The fraction of sp³-hybridized carbons (Fsp3) is 0.344. The van der Waals surface area contributed by atoms with E-state index in [1.165, 1.54) is 119 Å². The number of fused-ring (bicyclic) bond motifs is 12. The summed E-state index contributed by atoms with van der Waals surface area (Å²) in [4.78, 5) is 261. The number of carbonyl (C=O) groups excluding carboxylic acids is 18. The molecule has 0 bridgehead atoms. The molecule has 2 spiro atoms. The molecule has 4 N–H and O–H groups in total. The lowest BCUT2D eigenvalue weighted by Crippen LogP contribution is -2.71. The highest BCUT2D eigenvalue weighted by Gasteiger charge is 2.61. The van der Waals surface area contributed by atoms with Gasteiger partial charge in [-0.1, -0.05) is 70.4 Å². The first-order valence-electron chi connectivity index (χ1n) is 43.1. The molecule has 8 aromatic rings. The largest absolute Gasteiger partial charge is 0.456 e. The Morgan fingerprint density at radius 2 is 0.903 bits per heavy atom. The van der Waals surface area contributed by atoms with Gasteiger partial charge in [0.05, 0.1) is 28.2 Å². The maximum atomic E-state index is 14.1. The number of ether oxygens (including phenoxy) is 13. The number of halogens is 3. The maximum Gasteiger partial charge on any atom is 0.368 e. The summed E-state index contributed by atoms with van der Waals surface area (Å²) in [6.45, 7) is 10.9. The Morgan fingerprint density at radius 3 is 1.36 bits per heavy atom. The number of β-lactam (4-membered cyclic amide) rings is 2. The number of hydrogen-bond acceptors (Lipinski definition) is 40. The van der Waals surface area contributed by atoms with E-state index < -0.39 is 206 Å². The summed E-state index contributed by atoms with van der Waals surface area (Å²) in [6, 6.07) is 20.9. The number of carbonyl (C=O) groups is 18. The number of benzene rings is 6. The van der Waals surface area contributed by atoms with Gasteiger partial charge in [-0.2, -0.15) is 0 Å². The monoisotopic (exact) mass is 2130 g/mol. The third-order valence-corrected chi connectivity index (χ3v) is 29.0. The first-order valence-corrected chi connectivity index (χ1v) is 48.5. The molecule has 145 heavy (non-hydrogen) atoms. The first kappa shape index (κ1) is 108. The zero-order valence-corrected chi connectivity index (χ0v) is 82.1. The van der Waals surface area contributed by atoms with Crippen LogP contribution in [0.5, 0.6) is 46.0 Å². The van der Waals surface area contributed by atoms with E-state index >= 15 is 0 Å². The van der Waals surface area contributed by atoms with Gasteiger partial charge in [0.25, 0.3) is 23.6 Å². The molecule has 7 aliphatic heterocycles. The fourth-order valence-corrected chi connectivity index (χ4v) is 22.7. The standard InChI is InChI=1S/C47H40Cl2N4O17S2.C47H40ClN3O18S2.2CH4/c1-19(54)64-18-65-45(63)39-23(17-72-42-38(41(60)53(39)42)52-36(58)15-50-40(59)37-44(62)69-34-9-24(66-20(2)55)7-8-31(34)51-37)16-71-35-14-47(70-43(35)61)27-10-29(48)32(67-21(3)56)12-25(27)46(5,6)26-13-33(68-22(4)57)30(49)11-28(26)47;1-5-6-38(56)67-35-15-32-24(12-31(35)48)11-28(44(59)68-32)41(57)49-17-37(55)50-39-42(58)51-40(46(61)63-20-62-21(2)52)25(19-71-43(39)51)18-70-36-16-47(69-45(36)60)29-9-7-26(64-22(3)53)13-33(29)66-34-14-27(65-23(4)54)8-10-30(34)47;;/h7-13,35,38,42H,14-18H2,1-6H3,(H,50,59)(H,52,58);7-15,36,39,43H,5-6,16-20H2,1-4H3,(H,49,57)(H,50,55);2*1H4. The maximum absolute atomic E-state index is 14.1. The predicted octanol–water partition coefficient (Wildman–Crippen LogP) is 10.2. The molecule has 4 saturated heterocycles. The second kappa shape index (κ2) is 44.1. The van der Waals surface area contributed by atoms with Gasteiger partial charge in [0.2, 0.25) is 31.1 Å². The van der Waals surface area contributed by atoms with Crippen LogP contribution in [0, 0.1) is 0 Å². The van der Waals surface area contributed by atoms with Crippen molar-refractivity contribution in [1.82, 2.24) is 36.1 Å². The SMILES string of the molecule is C.C.CC(=O)OCOC(=O)C1=C(CSC2CC3(OC2=O)c2cc(Cl)c(OC(C)=O)cc2C(C)(C)c2cc(OC(C)=O)c(Cl)cc23)CSC2C(NC(=O)CNC(=O)c3nc4ccc(OC(C)=O)cc4oc3=O)C(=O)N12.CCCC(=O)Oc1cc2oc(=O)c(C(=O)NCC(=O)NC3C(=O)N4C(C(=O)OCOC(C)=O)=C(CSC5CC6(OC5=O)c5ccc(OC(C)=O)cc5Oc5cc(OC(C)=O)ccc56)CSC34)cc2cc1Cl. The van der Waals surface area contributed by atoms with Gasteiger partial charge in [-0.05, 0) is 101 Å². The summed E-state index contributed by atoms with van der Waals surface area (Å²) >= 11 is 24.3. The fourth-order valence-electron chi connectivity index (χ4n) is 16.8. The molecule has 0 radical (unpaired) electrons. The summed E-state index contributed by atoms with van der Waals surface area (Å²) in [7, 11) is 0. The minimum Gasteiger partial charge on any atom is -0.456 e. The molecule has 6 aromatic carbocycles. The highest BCUT2D eigenvalue weighted by atomic mass is 35.5. The Morgan fingerprint density at radius 1 is 0.476 bits per heavy atom. The van der Waals surface area contributed by atoms with Gasteiger partial charge in [0.15, 0.2) is 22.5 Å². The van der Waals surface area contributed by atoms with Gasteiger partial charge >= 0.3 is 82.9 Å². The van der Waals surface area contributed by atoms with Crippen LogP contribution in [0.4, 0.5) is 0 Å². The first-order chi connectivity index (χ1) is 67.8. The molecular weight excluding hydrogens is 2050 g/mol. The topological polar surface area (TPSA) is 555 Å². The Balaban J connectivity index is 0.000000240. The van der Waals surface area contributed by atoms with Crippen LogP contribution in [0.25, 0.3) is 22.1 Å². The predicted molar refractivity (Wildman–Crippen MR) is 516 cm³/mol. The van der Waals surface area contributed by atoms with Crippen LogP contribution in [-0.2, 0) is 122 Å². The van der Waals surface area contributed by atoms with Crippen molar-refractivity contribution in [2.45, 2.75) is 160 Å². The second-order valence-corrected chi connectivity index (χ2v) is 39.0. The van der Waals surface area contributed by atoms with Gasteiger partial charge in [-0.25, -0.2) is 24.2 Å². The molecule has 8 aliphatic rings. The molecule has 42 nitrogen and oxygen atoms in total. The minimum absolute atomic E-state index is 0. The van der Waals surface area contributed by atoms with Gasteiger partial charge in [-0.15, -0.1) is 47.0 Å². The van der Waals surface area contributed by atoms with Crippen LogP contribution >= 0.6 is 81.9 Å². The van der Waals surface area contributed by atoms with E-state index in [9.17, 15) is 95.9 Å². The highest BCUT2D eigenvalue weighted by molar-refractivity contribution is 8.02. The van der Waals surface area contributed by atoms with Gasteiger partial charge < -0.3 is 91.7 Å². The van der Waals surface area contributed by atoms with Crippen LogP contribution in [0.15, 0.2) is 138 Å². The molecule has 6 atom stereocenters. The molecule has 4 fully saturated rings. The minimum atomic E-state index is -1.53. The Bertz CT molecular complexity index is 6920. The summed E-state index contributed by atoms with van der Waals surface area (Å²) in [5.41, 5.74) is -3.91. The molecule has 2 aromatic heterocycles. The smallest absolute Gasteiger partial charge is 0.368 e. The molecule has 6 unspecified atom stereocenters. The average Bonchev–Trinajstić information content (AvgIpc) is 1.58. The summed E-state index contributed by atoms with van der Waals surface area (Å²) < 4.78 is 81.0. The summed E-state index contributed by atoms with van der Waals surface area (Å²) in [5.74, 6) is -12.5. The molecule has 16 rings (SSSR count). The third kappa shape index (κ3) is 22.6. The number of esters is 12. The molecule has 49 heteroatoms. The molecule has 1 aliphatic carbocycles. The molecule has 762 valence electrons. The Labute approximate surface area is 853 Å². The lowest BCUT2D eigenvalue weighted by atomic mass is 9.62. The van der Waals surface area contributed by atoms with Crippen molar-refractivity contribution in [2.75, 3.05) is 49.7 Å². The Kier molecular flexibility index (Phi) is 32.8. The second-order valence-electron chi connectivity index (χ2n) is 33.2. The molecule has 0 saturated carbocycles. The number of nitrogens with zero attached hydrogens (tertiary/aromatic N) is 3. The normalized spacial score (nSPS) is 18.3. The number of thioether (sulfide) groups is 4. The number of aromatic nitrogens is 1. The van der Waals surface area contributed by atoms with Crippen molar-refractivity contribution in [3.63, 3.8) is 0 Å². The zero-order chi connectivity index (χ0) is 103. The van der Waals surface area contributed by atoms with E-state index in [2.05, 4.69) is 26.3 Å². The van der Waals surface area contributed by atoms with Crippen molar-refractivity contribution in [3.05, 3.63) is 200 Å². The van der Waals surface area contributed by atoms with Crippen LogP contribution in [-0.4, -0.2) is 205 Å². The highest BCUT2D eigenvalue weighted by Crippen LogP contribution is 2.61. The van der Waals surface area contributed by atoms with E-state index in [0.29, 0.717) is 50.9 Å². The lowest BCUT2D eigenvalue weighted by molar-refractivity contribution is -0.167. The van der Waals surface area contributed by atoms with E-state index in [1.54, 1.807) is 43.3 Å². The van der Waals surface area contributed by atoms with Crippen molar-refractivity contribution < 1.29 is 157 Å². The van der Waals surface area contributed by atoms with Crippen LogP contribution in [0.3, 0.4) is 0 Å². The molecular formula is C96H88Cl3N7O35S4. The van der Waals surface area contributed by atoms with E-state index in [4.69, 9.17) is 105 Å². The lowest BCUT2D eigenvalue weighted by Gasteiger charge is -2.49. The third-order valence-electron chi connectivity index (χ3n) is 22.9. The van der Waals surface area contributed by atoms with Gasteiger partial charge in [-0.3, -0.25) is 86.5 Å². The quantitative estimate of drug-likeness (QED) is 0.00884. The number of amides is 6. The van der Waals surface area contributed by atoms with E-state index in [1.807, 2.05) is 13.8 Å². The Hall–Kier alpha value is -14.3. The van der Waals surface area contributed by atoms with Crippen LogP contribution in [0.1, 0.15) is 164 Å². The van der Waals surface area contributed by atoms with Crippen molar-refractivity contribution in [1.29, 1.82) is 0 Å². The van der Waals surface area contributed by atoms with Crippen molar-refractivity contribution >= 4 is 211 Å². The van der Waals surface area contributed by atoms with Gasteiger partial charge in [0, 0.05) is 148 Å². The average molecular weight is 2130 g/mol.